The fraction of sp³-hybridized carbons (Fsp3) is 0.526. The quantitative estimate of drug-likeness (QED) is 0.898. The molecule has 0 radical (unpaired) electrons. The first kappa shape index (κ1) is 16.5. The van der Waals surface area contributed by atoms with E-state index < -0.39 is 0 Å². The van der Waals surface area contributed by atoms with Gasteiger partial charge in [0, 0.05) is 48.6 Å². The first-order chi connectivity index (χ1) is 12.0. The molecule has 1 saturated carbocycles. The smallest absolute Gasteiger partial charge is 0.256 e. The molecule has 1 aliphatic heterocycles. The van der Waals surface area contributed by atoms with Gasteiger partial charge in [-0.15, -0.1) is 0 Å². The molecular formula is C19H23FN2O3. The Morgan fingerprint density at radius 1 is 1.44 bits per heavy atom. The average Bonchev–Trinajstić information content (AvgIpc) is 3.04. The number of ether oxygens (including phenoxy) is 1. The molecule has 0 bridgehead atoms. The number of benzene rings is 1. The molecule has 2 unspecified atom stereocenters. The average molecular weight is 346 g/mol. The van der Waals surface area contributed by atoms with E-state index in [1.165, 1.54) is 12.1 Å². The molecule has 1 aromatic heterocycles. The van der Waals surface area contributed by atoms with Crippen LogP contribution in [0.1, 0.15) is 36.5 Å². The zero-order chi connectivity index (χ0) is 17.6. The summed E-state index contributed by atoms with van der Waals surface area (Å²) in [5.41, 5.74) is 1.000. The maximum Gasteiger partial charge on any atom is 0.256 e. The van der Waals surface area contributed by atoms with Gasteiger partial charge in [0.25, 0.3) is 5.91 Å². The highest BCUT2D eigenvalue weighted by Crippen LogP contribution is 2.51. The molecule has 6 heteroatoms. The van der Waals surface area contributed by atoms with Crippen molar-refractivity contribution in [1.82, 2.24) is 9.88 Å². The van der Waals surface area contributed by atoms with Crippen LogP contribution in [0.2, 0.25) is 0 Å². The van der Waals surface area contributed by atoms with Crippen molar-refractivity contribution in [3.63, 3.8) is 0 Å². The summed E-state index contributed by atoms with van der Waals surface area (Å²) in [6.07, 6.45) is 3.61. The third-order valence-corrected chi connectivity index (χ3v) is 5.97. The lowest BCUT2D eigenvalue weighted by atomic mass is 9.58. The predicted octanol–water partition coefficient (Wildman–Crippen LogP) is 2.70. The number of nitrogens with one attached hydrogen (secondary N) is 1. The Kier molecular flexibility index (Phi) is 4.04. The van der Waals surface area contributed by atoms with Crippen molar-refractivity contribution in [2.24, 2.45) is 5.41 Å². The lowest BCUT2D eigenvalue weighted by molar-refractivity contribution is -0.207. The zero-order valence-electron chi connectivity index (χ0n) is 14.3. The molecule has 1 aliphatic carbocycles. The number of halogens is 1. The van der Waals surface area contributed by atoms with Crippen molar-refractivity contribution >= 4 is 16.8 Å². The highest BCUT2D eigenvalue weighted by molar-refractivity contribution is 6.06. The number of hydrogen-bond acceptors (Lipinski definition) is 3. The van der Waals surface area contributed by atoms with Crippen LogP contribution in [0.5, 0.6) is 0 Å². The Labute approximate surface area is 145 Å². The minimum absolute atomic E-state index is 0.0468. The second-order valence-corrected chi connectivity index (χ2v) is 7.11. The molecule has 2 atom stereocenters. The molecule has 2 N–H and O–H groups in total. The predicted molar refractivity (Wildman–Crippen MR) is 91.9 cm³/mol. The van der Waals surface area contributed by atoms with Gasteiger partial charge in [-0.05, 0) is 38.0 Å². The van der Waals surface area contributed by atoms with Gasteiger partial charge in [0.2, 0.25) is 0 Å². The SMILES string of the molecule is CCOC1CC(O)C12CCN(C(=O)c1c[nH]c3cc(F)ccc13)CC2. The number of aromatic nitrogens is 1. The Balaban J connectivity index is 1.49. The summed E-state index contributed by atoms with van der Waals surface area (Å²) < 4.78 is 19.1. The van der Waals surface area contributed by atoms with Gasteiger partial charge in [-0.25, -0.2) is 4.39 Å². The number of aliphatic hydroxyl groups is 1. The molecule has 134 valence electrons. The fourth-order valence-electron chi connectivity index (χ4n) is 4.39. The van der Waals surface area contributed by atoms with E-state index in [2.05, 4.69) is 4.98 Å². The molecular weight excluding hydrogens is 323 g/mol. The van der Waals surface area contributed by atoms with Gasteiger partial charge in [-0.1, -0.05) is 0 Å². The van der Waals surface area contributed by atoms with Gasteiger partial charge < -0.3 is 19.7 Å². The number of rotatable bonds is 3. The number of carbonyl (C=O) groups excluding carboxylic acids is 1. The van der Waals surface area contributed by atoms with Gasteiger partial charge >= 0.3 is 0 Å². The number of aromatic amines is 1. The fourth-order valence-corrected chi connectivity index (χ4v) is 4.39. The summed E-state index contributed by atoms with van der Waals surface area (Å²) in [7, 11) is 0. The molecule has 5 nitrogen and oxygen atoms in total. The minimum atomic E-state index is -0.336. The van der Waals surface area contributed by atoms with E-state index in [1.54, 1.807) is 12.3 Å². The number of aliphatic hydroxyl groups excluding tert-OH is 1. The molecule has 1 saturated heterocycles. The summed E-state index contributed by atoms with van der Waals surface area (Å²) in [5, 5.41) is 11.0. The number of piperidine rings is 1. The van der Waals surface area contributed by atoms with Crippen molar-refractivity contribution in [2.45, 2.75) is 38.4 Å². The van der Waals surface area contributed by atoms with Crippen LogP contribution >= 0.6 is 0 Å². The Bertz CT molecular complexity index is 793. The van der Waals surface area contributed by atoms with Crippen LogP contribution in [0, 0.1) is 11.2 Å². The number of nitrogens with zero attached hydrogens (tertiary/aromatic N) is 1. The number of likely N-dealkylation sites (tertiary alicyclic amines) is 1. The highest BCUT2D eigenvalue weighted by atomic mass is 19.1. The van der Waals surface area contributed by atoms with Gasteiger partial charge in [-0.3, -0.25) is 4.79 Å². The van der Waals surface area contributed by atoms with Crippen LogP contribution in [-0.4, -0.2) is 52.8 Å². The normalized spacial score (nSPS) is 25.3. The minimum Gasteiger partial charge on any atom is -0.392 e. The summed E-state index contributed by atoms with van der Waals surface area (Å²) in [6, 6.07) is 4.41. The molecule has 2 heterocycles. The van der Waals surface area contributed by atoms with E-state index in [4.69, 9.17) is 4.74 Å². The second-order valence-electron chi connectivity index (χ2n) is 7.11. The van der Waals surface area contributed by atoms with Crippen LogP contribution in [-0.2, 0) is 4.74 Å². The lowest BCUT2D eigenvalue weighted by Crippen LogP contribution is -2.62. The maximum absolute atomic E-state index is 13.3. The zero-order valence-corrected chi connectivity index (χ0v) is 14.3. The molecule has 1 aromatic carbocycles. The molecule has 4 rings (SSSR count). The number of carbonyl (C=O) groups is 1. The van der Waals surface area contributed by atoms with Gasteiger partial charge in [0.1, 0.15) is 5.82 Å². The Morgan fingerprint density at radius 3 is 2.88 bits per heavy atom. The summed E-state index contributed by atoms with van der Waals surface area (Å²) in [5.74, 6) is -0.372. The van der Waals surface area contributed by atoms with Crippen LogP contribution in [0.4, 0.5) is 4.39 Å². The van der Waals surface area contributed by atoms with Gasteiger partial charge in [-0.2, -0.15) is 0 Å². The molecule has 2 aromatic rings. The van der Waals surface area contributed by atoms with Gasteiger partial charge in [0.05, 0.1) is 17.8 Å². The molecule has 25 heavy (non-hydrogen) atoms. The molecule has 2 aliphatic rings. The number of hydrogen-bond donors (Lipinski definition) is 2. The van der Waals surface area contributed by atoms with Crippen molar-refractivity contribution in [3.8, 4) is 0 Å². The molecule has 2 fully saturated rings. The van der Waals surface area contributed by atoms with Crippen molar-refractivity contribution in [2.75, 3.05) is 19.7 Å². The van der Waals surface area contributed by atoms with E-state index in [0.29, 0.717) is 37.2 Å². The summed E-state index contributed by atoms with van der Waals surface area (Å²) >= 11 is 0. The van der Waals surface area contributed by atoms with Gasteiger partial charge in [0.15, 0.2) is 0 Å². The largest absolute Gasteiger partial charge is 0.392 e. The van der Waals surface area contributed by atoms with Crippen LogP contribution in [0.3, 0.4) is 0 Å². The summed E-state index contributed by atoms with van der Waals surface area (Å²) in [6.45, 7) is 3.82. The van der Waals surface area contributed by atoms with Crippen molar-refractivity contribution < 1.29 is 19.0 Å². The molecule has 1 amide bonds. The third-order valence-electron chi connectivity index (χ3n) is 5.97. The first-order valence-electron chi connectivity index (χ1n) is 8.91. The monoisotopic (exact) mass is 346 g/mol. The van der Waals surface area contributed by atoms with Crippen molar-refractivity contribution in [3.05, 3.63) is 35.8 Å². The Morgan fingerprint density at radius 2 is 2.20 bits per heavy atom. The van der Waals surface area contributed by atoms with E-state index in [9.17, 15) is 14.3 Å². The maximum atomic E-state index is 13.3. The topological polar surface area (TPSA) is 65.6 Å². The second kappa shape index (κ2) is 6.11. The lowest BCUT2D eigenvalue weighted by Gasteiger charge is -2.56. The number of amides is 1. The van der Waals surface area contributed by atoms with Crippen LogP contribution < -0.4 is 0 Å². The standard InChI is InChI=1S/C19H23FN2O3/c1-2-25-17-10-16(23)19(17)5-7-22(8-6-19)18(24)14-11-21-15-9-12(20)3-4-13(14)15/h3-4,9,11,16-17,21,23H,2,5-8,10H2,1H3. The summed E-state index contributed by atoms with van der Waals surface area (Å²) in [4.78, 5) is 17.7. The van der Waals surface area contributed by atoms with Crippen LogP contribution in [0.25, 0.3) is 10.9 Å². The Hall–Kier alpha value is -1.92. The number of fused-ring (bicyclic) bond motifs is 1. The first-order valence-corrected chi connectivity index (χ1v) is 8.91. The van der Waals surface area contributed by atoms with E-state index >= 15 is 0 Å². The van der Waals surface area contributed by atoms with Crippen LogP contribution in [0.15, 0.2) is 24.4 Å². The number of H-pyrrole nitrogens is 1. The van der Waals surface area contributed by atoms with E-state index in [0.717, 1.165) is 18.2 Å². The highest BCUT2D eigenvalue weighted by Gasteiger charge is 2.56. The van der Waals surface area contributed by atoms with Crippen molar-refractivity contribution in [1.29, 1.82) is 0 Å². The third kappa shape index (κ3) is 2.55. The van der Waals surface area contributed by atoms with E-state index in [-0.39, 0.29) is 29.3 Å². The molecule has 1 spiro atoms. The van der Waals surface area contributed by atoms with E-state index in [1.807, 2.05) is 11.8 Å².